The molecule has 0 atom stereocenters. The van der Waals surface area contributed by atoms with E-state index in [1.165, 1.54) is 50.4 Å². The molecule has 2 aromatic rings. The van der Waals surface area contributed by atoms with Crippen LogP contribution in [0.15, 0.2) is 47.4 Å². The first-order valence-electron chi connectivity index (χ1n) is 7.36. The van der Waals surface area contributed by atoms with Crippen LogP contribution < -0.4 is 9.46 Å². The van der Waals surface area contributed by atoms with E-state index in [2.05, 4.69) is 4.72 Å². The predicted molar refractivity (Wildman–Crippen MR) is 97.7 cm³/mol. The van der Waals surface area contributed by atoms with Crippen molar-refractivity contribution in [3.05, 3.63) is 53.8 Å². The van der Waals surface area contributed by atoms with Crippen molar-refractivity contribution in [3.8, 4) is 5.75 Å². The van der Waals surface area contributed by atoms with Crippen LogP contribution in [0.2, 0.25) is 0 Å². The number of carbonyl (C=O) groups is 2. The summed E-state index contributed by atoms with van der Waals surface area (Å²) in [6.07, 6.45) is 0. The van der Waals surface area contributed by atoms with E-state index in [0.29, 0.717) is 5.75 Å². The van der Waals surface area contributed by atoms with Crippen LogP contribution >= 0.6 is 11.8 Å². The molecule has 0 bridgehead atoms. The summed E-state index contributed by atoms with van der Waals surface area (Å²) >= 11 is 0.822. The average molecular weight is 397 g/mol. The van der Waals surface area contributed by atoms with Crippen LogP contribution in [0.25, 0.3) is 0 Å². The van der Waals surface area contributed by atoms with Crippen LogP contribution in [0.4, 0.5) is 10.1 Å². The lowest BCUT2D eigenvalue weighted by atomic mass is 10.1. The van der Waals surface area contributed by atoms with E-state index in [0.717, 1.165) is 17.8 Å². The third-order valence-electron chi connectivity index (χ3n) is 3.31. The first-order valence-corrected chi connectivity index (χ1v) is 9.83. The van der Waals surface area contributed by atoms with Gasteiger partial charge in [-0.1, -0.05) is 11.8 Å². The molecule has 0 heterocycles. The molecule has 0 amide bonds. The Morgan fingerprint density at radius 2 is 1.81 bits per heavy atom. The van der Waals surface area contributed by atoms with Crippen molar-refractivity contribution in [2.45, 2.75) is 11.8 Å². The van der Waals surface area contributed by atoms with Gasteiger partial charge in [0, 0.05) is 12.5 Å². The van der Waals surface area contributed by atoms with E-state index < -0.39 is 21.6 Å². The molecule has 0 aromatic heterocycles. The molecule has 1 N–H and O–H groups in total. The Kier molecular flexibility index (Phi) is 6.38. The van der Waals surface area contributed by atoms with Gasteiger partial charge in [0.2, 0.25) is 0 Å². The highest BCUT2D eigenvalue weighted by Crippen LogP contribution is 2.22. The number of halogens is 1. The second-order valence-corrected chi connectivity index (χ2v) is 8.01. The maximum atomic E-state index is 14.2. The van der Waals surface area contributed by atoms with Gasteiger partial charge in [-0.15, -0.1) is 0 Å². The minimum atomic E-state index is -3.99. The van der Waals surface area contributed by atoms with Gasteiger partial charge >= 0.3 is 0 Å². The minimum Gasteiger partial charge on any atom is -0.497 e. The van der Waals surface area contributed by atoms with Crippen LogP contribution in [-0.4, -0.2) is 32.2 Å². The summed E-state index contributed by atoms with van der Waals surface area (Å²) in [7, 11) is -2.54. The molecular weight excluding hydrogens is 381 g/mol. The Morgan fingerprint density at radius 3 is 2.35 bits per heavy atom. The van der Waals surface area contributed by atoms with Crippen LogP contribution in [0.3, 0.4) is 0 Å². The molecule has 0 radical (unpaired) electrons. The number of hydrogen-bond acceptors (Lipinski definition) is 6. The zero-order valence-corrected chi connectivity index (χ0v) is 15.6. The number of carbonyl (C=O) groups excluding carboxylic acids is 2. The molecule has 2 aromatic carbocycles. The summed E-state index contributed by atoms with van der Waals surface area (Å²) in [4.78, 5) is 22.7. The zero-order valence-electron chi connectivity index (χ0n) is 14.0. The molecule has 0 unspecified atom stereocenters. The van der Waals surface area contributed by atoms with Gasteiger partial charge in [-0.25, -0.2) is 12.8 Å². The van der Waals surface area contributed by atoms with Gasteiger partial charge in [-0.2, -0.15) is 0 Å². The maximum absolute atomic E-state index is 14.2. The lowest BCUT2D eigenvalue weighted by Gasteiger charge is -2.10. The first-order chi connectivity index (χ1) is 12.2. The Bertz CT molecular complexity index is 927. The topological polar surface area (TPSA) is 89.5 Å². The number of methoxy groups -OCH3 is 1. The van der Waals surface area contributed by atoms with E-state index in [4.69, 9.17) is 4.74 Å². The SMILES string of the molecule is COc1ccc(S(=O)(=O)Nc2ccc(C(=O)CSC(C)=O)cc2F)cc1. The van der Waals surface area contributed by atoms with Gasteiger partial charge in [0.05, 0.1) is 23.4 Å². The van der Waals surface area contributed by atoms with E-state index in [-0.39, 0.29) is 27.0 Å². The zero-order chi connectivity index (χ0) is 19.3. The highest BCUT2D eigenvalue weighted by Gasteiger charge is 2.18. The largest absolute Gasteiger partial charge is 0.497 e. The van der Waals surface area contributed by atoms with Gasteiger partial charge in [-0.05, 0) is 42.5 Å². The predicted octanol–water partition coefficient (Wildman–Crippen LogP) is 3.10. The van der Waals surface area contributed by atoms with E-state index in [1.54, 1.807) is 0 Å². The number of anilines is 1. The second kappa shape index (κ2) is 8.33. The maximum Gasteiger partial charge on any atom is 0.261 e. The summed E-state index contributed by atoms with van der Waals surface area (Å²) in [5.41, 5.74) is -0.222. The molecule has 0 aliphatic rings. The number of hydrogen-bond donors (Lipinski definition) is 1. The molecule has 9 heteroatoms. The van der Waals surface area contributed by atoms with Crippen molar-refractivity contribution < 1.29 is 27.1 Å². The third kappa shape index (κ3) is 5.06. The van der Waals surface area contributed by atoms with Crippen LogP contribution in [0.1, 0.15) is 17.3 Å². The van der Waals surface area contributed by atoms with E-state index in [1.807, 2.05) is 0 Å². The number of nitrogens with one attached hydrogen (secondary N) is 1. The molecule has 0 aliphatic carbocycles. The van der Waals surface area contributed by atoms with Gasteiger partial charge in [-0.3, -0.25) is 14.3 Å². The number of benzene rings is 2. The van der Waals surface area contributed by atoms with Crippen LogP contribution in [-0.2, 0) is 14.8 Å². The van der Waals surface area contributed by atoms with Crippen LogP contribution in [0, 0.1) is 5.82 Å². The van der Waals surface area contributed by atoms with Gasteiger partial charge in [0.15, 0.2) is 10.9 Å². The number of ether oxygens (including phenoxy) is 1. The lowest BCUT2D eigenvalue weighted by molar-refractivity contribution is -0.109. The van der Waals surface area contributed by atoms with Crippen molar-refractivity contribution >= 4 is 38.4 Å². The minimum absolute atomic E-state index is 0.0589. The van der Waals surface area contributed by atoms with Crippen molar-refractivity contribution in [1.29, 1.82) is 0 Å². The summed E-state index contributed by atoms with van der Waals surface area (Å²) in [6, 6.07) is 9.01. The van der Waals surface area contributed by atoms with Crippen molar-refractivity contribution in [3.63, 3.8) is 0 Å². The molecule has 0 aliphatic heterocycles. The molecule has 6 nitrogen and oxygen atoms in total. The summed E-state index contributed by atoms with van der Waals surface area (Å²) < 4.78 is 45.9. The normalized spacial score (nSPS) is 11.0. The molecular formula is C17H16FNO5S2. The van der Waals surface area contributed by atoms with Gasteiger partial charge in [0.25, 0.3) is 10.0 Å². The number of Topliss-reactive ketones (excluding diaryl/α,β-unsaturated/α-hetero) is 1. The fraction of sp³-hybridized carbons (Fsp3) is 0.176. The molecule has 2 rings (SSSR count). The highest BCUT2D eigenvalue weighted by atomic mass is 32.2. The molecule has 138 valence electrons. The molecule has 0 saturated carbocycles. The smallest absolute Gasteiger partial charge is 0.261 e. The molecule has 0 spiro atoms. The van der Waals surface area contributed by atoms with Crippen LogP contribution in [0.5, 0.6) is 5.75 Å². The third-order valence-corrected chi connectivity index (χ3v) is 5.51. The fourth-order valence-corrected chi connectivity index (χ4v) is 3.55. The summed E-state index contributed by atoms with van der Waals surface area (Å²) in [5, 5.41) is -0.220. The van der Waals surface area contributed by atoms with Crippen molar-refractivity contribution in [1.82, 2.24) is 0 Å². The number of sulfonamides is 1. The van der Waals surface area contributed by atoms with E-state index >= 15 is 0 Å². The van der Waals surface area contributed by atoms with Crippen molar-refractivity contribution in [2.75, 3.05) is 17.6 Å². The van der Waals surface area contributed by atoms with Crippen molar-refractivity contribution in [2.24, 2.45) is 0 Å². The molecule has 26 heavy (non-hydrogen) atoms. The monoisotopic (exact) mass is 397 g/mol. The Hall–Kier alpha value is -2.39. The number of rotatable bonds is 7. The Morgan fingerprint density at radius 1 is 1.15 bits per heavy atom. The van der Waals surface area contributed by atoms with Gasteiger partial charge in [0.1, 0.15) is 11.6 Å². The summed E-state index contributed by atoms with van der Waals surface area (Å²) in [6.45, 7) is 1.33. The quantitative estimate of drug-likeness (QED) is 0.722. The first kappa shape index (κ1) is 19.9. The Labute approximate surface area is 154 Å². The van der Waals surface area contributed by atoms with Gasteiger partial charge < -0.3 is 4.74 Å². The molecule has 0 fully saturated rings. The second-order valence-electron chi connectivity index (χ2n) is 5.18. The number of ketones is 1. The summed E-state index contributed by atoms with van der Waals surface area (Å²) in [5.74, 6) is -0.929. The lowest BCUT2D eigenvalue weighted by Crippen LogP contribution is -2.14. The highest BCUT2D eigenvalue weighted by molar-refractivity contribution is 8.14. The molecule has 0 saturated heterocycles. The average Bonchev–Trinajstić information content (AvgIpc) is 2.61. The fourth-order valence-electron chi connectivity index (χ4n) is 1.98. The standard InChI is InChI=1S/C17H16FNO5S2/c1-11(20)25-10-17(21)12-3-8-16(15(18)9-12)19-26(22,23)14-6-4-13(24-2)5-7-14/h3-9,19H,10H2,1-2H3. The van der Waals surface area contributed by atoms with E-state index in [9.17, 15) is 22.4 Å². The number of thioether (sulfide) groups is 1. The Balaban J connectivity index is 2.18.